The molecule has 0 radical (unpaired) electrons. The molecule has 0 aromatic heterocycles. The summed E-state index contributed by atoms with van der Waals surface area (Å²) >= 11 is 0. The molecule has 3 nitrogen and oxygen atoms in total. The summed E-state index contributed by atoms with van der Waals surface area (Å²) in [7, 11) is 0. The first-order chi connectivity index (χ1) is 12.3. The third-order valence-corrected chi connectivity index (χ3v) is 8.37. The summed E-state index contributed by atoms with van der Waals surface area (Å²) in [5, 5.41) is 0. The second-order valence-corrected chi connectivity index (χ2v) is 9.63. The van der Waals surface area contributed by atoms with Crippen LogP contribution in [0.25, 0.3) is 0 Å². The highest BCUT2D eigenvalue weighted by Crippen LogP contribution is 2.65. The number of carbonyl (C=O) groups is 2. The van der Waals surface area contributed by atoms with Crippen molar-refractivity contribution >= 4 is 11.8 Å². The number of Topliss-reactive ketones (excluding diaryl/α,β-unsaturated/α-hetero) is 1. The van der Waals surface area contributed by atoms with Crippen molar-refractivity contribution in [2.75, 3.05) is 0 Å². The zero-order chi connectivity index (χ0) is 18.7. The van der Waals surface area contributed by atoms with Gasteiger partial charge in [0.25, 0.3) is 0 Å². The molecule has 26 heavy (non-hydrogen) atoms. The highest BCUT2D eigenvalue weighted by molar-refractivity contribution is 5.96. The van der Waals surface area contributed by atoms with Crippen LogP contribution in [0, 0.1) is 28.6 Å². The van der Waals surface area contributed by atoms with Crippen molar-refractivity contribution in [3.8, 4) is 0 Å². The third-order valence-electron chi connectivity index (χ3n) is 8.37. The molecule has 3 saturated carbocycles. The fraction of sp³-hybridized carbons (Fsp3) is 0.739. The molecule has 142 valence electrons. The van der Waals surface area contributed by atoms with Crippen LogP contribution >= 0.6 is 0 Å². The summed E-state index contributed by atoms with van der Waals surface area (Å²) < 4.78 is 5.55. The van der Waals surface area contributed by atoms with Gasteiger partial charge in [0.1, 0.15) is 6.10 Å². The van der Waals surface area contributed by atoms with Crippen LogP contribution in [0.2, 0.25) is 0 Å². The molecular weight excluding hydrogens is 324 g/mol. The lowest BCUT2D eigenvalue weighted by atomic mass is 9.46. The van der Waals surface area contributed by atoms with Gasteiger partial charge in [-0.25, -0.2) is 0 Å². The van der Waals surface area contributed by atoms with E-state index in [-0.39, 0.29) is 23.3 Å². The molecule has 6 atom stereocenters. The molecule has 0 aliphatic heterocycles. The first-order valence-corrected chi connectivity index (χ1v) is 10.4. The Balaban J connectivity index is 1.56. The normalized spacial score (nSPS) is 44.2. The number of ketones is 1. The molecule has 0 saturated heterocycles. The standard InChI is InChI=1S/C23H32O3/c1-14(24)19-7-8-20-18-6-5-16-13-17(26-15(2)25)9-11-22(16,3)21(18)10-12-23(19,20)4/h7-8,16-18,21H,5-6,9-13H2,1-4H3/t16-,17+,18+,21+,22+,23-/m1/s1. The van der Waals surface area contributed by atoms with Gasteiger partial charge in [0.2, 0.25) is 0 Å². The summed E-state index contributed by atoms with van der Waals surface area (Å²) in [5.41, 5.74) is 2.88. The van der Waals surface area contributed by atoms with Gasteiger partial charge in [-0.1, -0.05) is 31.6 Å². The lowest BCUT2D eigenvalue weighted by Crippen LogP contribution is -2.52. The predicted octanol–water partition coefficient (Wildman–Crippen LogP) is 5.01. The molecule has 4 rings (SSSR count). The predicted molar refractivity (Wildman–Crippen MR) is 101 cm³/mol. The smallest absolute Gasteiger partial charge is 0.302 e. The molecule has 0 heterocycles. The van der Waals surface area contributed by atoms with Crippen LogP contribution < -0.4 is 0 Å². The molecule has 4 aliphatic carbocycles. The maximum absolute atomic E-state index is 12.1. The summed E-state index contributed by atoms with van der Waals surface area (Å²) in [4.78, 5) is 23.5. The van der Waals surface area contributed by atoms with E-state index in [1.807, 2.05) is 0 Å². The summed E-state index contributed by atoms with van der Waals surface area (Å²) in [5.74, 6) is 2.08. The zero-order valence-corrected chi connectivity index (χ0v) is 16.6. The average molecular weight is 357 g/mol. The second-order valence-electron chi connectivity index (χ2n) is 9.63. The molecule has 0 aromatic carbocycles. The van der Waals surface area contributed by atoms with E-state index >= 15 is 0 Å². The van der Waals surface area contributed by atoms with Crippen molar-refractivity contribution in [2.45, 2.75) is 78.7 Å². The Morgan fingerprint density at radius 2 is 1.81 bits per heavy atom. The number of esters is 1. The molecule has 0 N–H and O–H groups in total. The molecule has 0 bridgehead atoms. The minimum Gasteiger partial charge on any atom is -0.463 e. The molecule has 0 aromatic rings. The van der Waals surface area contributed by atoms with Crippen LogP contribution in [0.15, 0.2) is 23.3 Å². The first-order valence-electron chi connectivity index (χ1n) is 10.4. The number of fused-ring (bicyclic) bond motifs is 5. The summed E-state index contributed by atoms with van der Waals surface area (Å²) in [6.45, 7) is 8.03. The Labute approximate surface area is 157 Å². The van der Waals surface area contributed by atoms with E-state index in [0.717, 1.165) is 31.3 Å². The highest BCUT2D eigenvalue weighted by atomic mass is 16.5. The van der Waals surface area contributed by atoms with Crippen LogP contribution in [-0.4, -0.2) is 17.9 Å². The summed E-state index contributed by atoms with van der Waals surface area (Å²) in [6.07, 6.45) is 12.5. The van der Waals surface area contributed by atoms with E-state index in [1.54, 1.807) is 6.92 Å². The minimum absolute atomic E-state index is 0.0227. The Kier molecular flexibility index (Phi) is 4.20. The van der Waals surface area contributed by atoms with Crippen LogP contribution in [0.4, 0.5) is 0 Å². The molecule has 0 amide bonds. The van der Waals surface area contributed by atoms with E-state index in [2.05, 4.69) is 26.0 Å². The van der Waals surface area contributed by atoms with Gasteiger partial charge in [-0.3, -0.25) is 9.59 Å². The SMILES string of the molecule is CC(=O)O[C@H]1CC[C@@]2(C)[C@H](CC[C@H]3C4=CC=C(C(C)=O)[C@@]4(C)CC[C@@H]32)C1. The molecule has 3 fully saturated rings. The Morgan fingerprint density at radius 3 is 2.50 bits per heavy atom. The van der Waals surface area contributed by atoms with Gasteiger partial charge in [-0.05, 0) is 75.0 Å². The second kappa shape index (κ2) is 6.07. The number of allylic oxidation sites excluding steroid dienone is 4. The minimum atomic E-state index is -0.139. The van der Waals surface area contributed by atoms with Crippen LogP contribution in [-0.2, 0) is 14.3 Å². The van der Waals surface area contributed by atoms with Gasteiger partial charge in [-0.15, -0.1) is 0 Å². The van der Waals surface area contributed by atoms with Crippen LogP contribution in [0.3, 0.4) is 0 Å². The average Bonchev–Trinajstić information content (AvgIpc) is 2.92. The van der Waals surface area contributed by atoms with Gasteiger partial charge in [0.05, 0.1) is 0 Å². The van der Waals surface area contributed by atoms with Crippen molar-refractivity contribution < 1.29 is 14.3 Å². The van der Waals surface area contributed by atoms with Gasteiger partial charge in [0, 0.05) is 17.9 Å². The van der Waals surface area contributed by atoms with Crippen LogP contribution in [0.5, 0.6) is 0 Å². The quantitative estimate of drug-likeness (QED) is 0.654. The van der Waals surface area contributed by atoms with Crippen molar-refractivity contribution in [2.24, 2.45) is 28.6 Å². The van der Waals surface area contributed by atoms with Crippen molar-refractivity contribution in [3.63, 3.8) is 0 Å². The van der Waals surface area contributed by atoms with Crippen molar-refractivity contribution in [1.82, 2.24) is 0 Å². The Hall–Kier alpha value is -1.38. The zero-order valence-electron chi connectivity index (χ0n) is 16.6. The third kappa shape index (κ3) is 2.53. The molecule has 0 unspecified atom stereocenters. The summed E-state index contributed by atoms with van der Waals surface area (Å²) in [6, 6.07) is 0. The lowest BCUT2D eigenvalue weighted by molar-refractivity contribution is -0.154. The van der Waals surface area contributed by atoms with Crippen molar-refractivity contribution in [1.29, 1.82) is 0 Å². The maximum atomic E-state index is 12.1. The van der Waals surface area contributed by atoms with E-state index < -0.39 is 0 Å². The number of hydrogen-bond donors (Lipinski definition) is 0. The Bertz CT molecular complexity index is 702. The number of ether oxygens (including phenoxy) is 1. The molecule has 3 heteroatoms. The largest absolute Gasteiger partial charge is 0.463 e. The fourth-order valence-electron chi connectivity index (χ4n) is 7.06. The molecule has 4 aliphatic rings. The van der Waals surface area contributed by atoms with Crippen LogP contribution in [0.1, 0.15) is 72.6 Å². The monoisotopic (exact) mass is 356 g/mol. The van der Waals surface area contributed by atoms with Gasteiger partial charge in [0.15, 0.2) is 5.78 Å². The van der Waals surface area contributed by atoms with E-state index in [9.17, 15) is 9.59 Å². The topological polar surface area (TPSA) is 43.4 Å². The van der Waals surface area contributed by atoms with Gasteiger partial charge < -0.3 is 4.74 Å². The van der Waals surface area contributed by atoms with Gasteiger partial charge >= 0.3 is 5.97 Å². The van der Waals surface area contributed by atoms with E-state index in [4.69, 9.17) is 4.74 Å². The molecular formula is C23H32O3. The number of carbonyl (C=O) groups excluding carboxylic acids is 2. The maximum Gasteiger partial charge on any atom is 0.302 e. The fourth-order valence-corrected chi connectivity index (χ4v) is 7.06. The number of hydrogen-bond acceptors (Lipinski definition) is 3. The number of rotatable bonds is 2. The Morgan fingerprint density at radius 1 is 1.04 bits per heavy atom. The highest BCUT2D eigenvalue weighted by Gasteiger charge is 2.57. The lowest BCUT2D eigenvalue weighted by Gasteiger charge is -2.59. The van der Waals surface area contributed by atoms with E-state index in [0.29, 0.717) is 23.2 Å². The molecule has 0 spiro atoms. The van der Waals surface area contributed by atoms with E-state index in [1.165, 1.54) is 31.8 Å². The first kappa shape index (κ1) is 18.0. The van der Waals surface area contributed by atoms with Gasteiger partial charge in [-0.2, -0.15) is 0 Å². The van der Waals surface area contributed by atoms with Crippen molar-refractivity contribution in [3.05, 3.63) is 23.3 Å².